The largest absolute Gasteiger partial charge is 0.357 e. The van der Waals surface area contributed by atoms with Gasteiger partial charge in [-0.05, 0) is 56.5 Å². The van der Waals surface area contributed by atoms with Crippen molar-refractivity contribution in [1.29, 1.82) is 0 Å². The minimum Gasteiger partial charge on any atom is -0.357 e. The lowest BCUT2D eigenvalue weighted by atomic mass is 10.00. The van der Waals surface area contributed by atoms with Gasteiger partial charge < -0.3 is 10.2 Å². The van der Waals surface area contributed by atoms with Crippen molar-refractivity contribution in [1.82, 2.24) is 20.0 Å². The number of nitrogens with one attached hydrogen (secondary N) is 1. The molecule has 6 nitrogen and oxygen atoms in total. The van der Waals surface area contributed by atoms with Crippen LogP contribution in [0.15, 0.2) is 36.5 Å². The van der Waals surface area contributed by atoms with Crippen LogP contribution in [0.2, 0.25) is 0 Å². The molecule has 0 radical (unpaired) electrons. The Morgan fingerprint density at radius 1 is 1.17 bits per heavy atom. The highest BCUT2D eigenvalue weighted by Gasteiger charge is 2.31. The number of likely N-dealkylation sites (tertiary alicyclic amines) is 1. The molecule has 0 bridgehead atoms. The molecule has 1 N–H and O–H groups in total. The van der Waals surface area contributed by atoms with Crippen LogP contribution in [0.5, 0.6) is 0 Å². The van der Waals surface area contributed by atoms with E-state index in [4.69, 9.17) is 0 Å². The lowest BCUT2D eigenvalue weighted by molar-refractivity contribution is -0.126. The van der Waals surface area contributed by atoms with Crippen molar-refractivity contribution < 1.29 is 9.59 Å². The summed E-state index contributed by atoms with van der Waals surface area (Å²) in [6, 6.07) is 8.92. The summed E-state index contributed by atoms with van der Waals surface area (Å²) in [5.41, 5.74) is 2.54. The van der Waals surface area contributed by atoms with Crippen molar-refractivity contribution in [3.63, 3.8) is 0 Å². The number of hydrogen-bond acceptors (Lipinski definition) is 3. The van der Waals surface area contributed by atoms with Gasteiger partial charge in [0.25, 0.3) is 5.91 Å². The third kappa shape index (κ3) is 3.04. The Labute approximate surface area is 141 Å². The summed E-state index contributed by atoms with van der Waals surface area (Å²) in [4.78, 5) is 26.6. The average Bonchev–Trinajstić information content (AvgIpc) is 3.06. The van der Waals surface area contributed by atoms with Crippen LogP contribution in [0.4, 0.5) is 0 Å². The van der Waals surface area contributed by atoms with Crippen LogP contribution >= 0.6 is 0 Å². The maximum Gasteiger partial charge on any atom is 0.254 e. The zero-order chi connectivity index (χ0) is 17.1. The number of hydrogen-bond donors (Lipinski definition) is 1. The Kier molecular flexibility index (Phi) is 4.64. The van der Waals surface area contributed by atoms with Gasteiger partial charge in [0, 0.05) is 31.0 Å². The first-order valence-electron chi connectivity index (χ1n) is 8.25. The zero-order valence-electron chi connectivity index (χ0n) is 14.0. The predicted octanol–water partition coefficient (Wildman–Crippen LogP) is 1.92. The minimum atomic E-state index is -0.371. The van der Waals surface area contributed by atoms with E-state index in [1.165, 1.54) is 0 Å². The summed E-state index contributed by atoms with van der Waals surface area (Å²) >= 11 is 0. The fraction of sp³-hybridized carbons (Fsp3) is 0.389. The van der Waals surface area contributed by atoms with Gasteiger partial charge in [-0.15, -0.1) is 0 Å². The van der Waals surface area contributed by atoms with Crippen LogP contribution in [-0.4, -0.2) is 46.1 Å². The zero-order valence-corrected chi connectivity index (χ0v) is 14.0. The molecular formula is C18H22N4O2. The van der Waals surface area contributed by atoms with Gasteiger partial charge >= 0.3 is 0 Å². The number of likely N-dealkylation sites (N-methyl/N-ethyl adjacent to an activating group) is 1. The summed E-state index contributed by atoms with van der Waals surface area (Å²) in [6.07, 6.45) is 4.37. The van der Waals surface area contributed by atoms with Gasteiger partial charge in [-0.3, -0.25) is 9.59 Å². The number of rotatable bonds is 3. The Morgan fingerprint density at radius 3 is 2.54 bits per heavy atom. The average molecular weight is 326 g/mol. The molecule has 0 aliphatic carbocycles. The molecule has 2 amide bonds. The highest BCUT2D eigenvalue weighted by Crippen LogP contribution is 2.21. The lowest BCUT2D eigenvalue weighted by Gasteiger charge is -2.34. The molecule has 1 atom stereocenters. The maximum absolute atomic E-state index is 12.8. The Hall–Kier alpha value is -2.63. The van der Waals surface area contributed by atoms with Crippen LogP contribution in [0, 0.1) is 6.92 Å². The van der Waals surface area contributed by atoms with Crippen molar-refractivity contribution in [2.75, 3.05) is 13.6 Å². The summed E-state index contributed by atoms with van der Waals surface area (Å²) in [7, 11) is 1.61. The van der Waals surface area contributed by atoms with E-state index >= 15 is 0 Å². The normalized spacial score (nSPS) is 17.6. The molecule has 1 aliphatic rings. The smallest absolute Gasteiger partial charge is 0.254 e. The molecule has 2 aromatic rings. The highest BCUT2D eigenvalue weighted by atomic mass is 16.2. The molecule has 3 rings (SSSR count). The molecular weight excluding hydrogens is 304 g/mol. The van der Waals surface area contributed by atoms with E-state index in [9.17, 15) is 9.59 Å². The highest BCUT2D eigenvalue weighted by molar-refractivity contribution is 5.97. The summed E-state index contributed by atoms with van der Waals surface area (Å²) < 4.78 is 1.82. The van der Waals surface area contributed by atoms with E-state index in [2.05, 4.69) is 10.4 Å². The van der Waals surface area contributed by atoms with Gasteiger partial charge in [0.2, 0.25) is 5.91 Å². The van der Waals surface area contributed by atoms with Gasteiger partial charge in [0.1, 0.15) is 6.04 Å². The summed E-state index contributed by atoms with van der Waals surface area (Å²) in [6.45, 7) is 2.60. The molecule has 6 heteroatoms. The van der Waals surface area contributed by atoms with Crippen LogP contribution in [0.1, 0.15) is 35.3 Å². The van der Waals surface area contributed by atoms with Crippen molar-refractivity contribution >= 4 is 11.8 Å². The molecule has 1 aliphatic heterocycles. The molecule has 0 saturated carbocycles. The van der Waals surface area contributed by atoms with Crippen LogP contribution in [0.25, 0.3) is 5.69 Å². The summed E-state index contributed by atoms with van der Waals surface area (Å²) in [5, 5.41) is 6.93. The Morgan fingerprint density at radius 2 is 1.92 bits per heavy atom. The van der Waals surface area contributed by atoms with E-state index in [0.29, 0.717) is 12.1 Å². The number of carbonyl (C=O) groups excluding carboxylic acids is 2. The molecule has 1 fully saturated rings. The minimum absolute atomic E-state index is 0.0907. The van der Waals surface area contributed by atoms with E-state index in [0.717, 1.165) is 30.6 Å². The van der Waals surface area contributed by atoms with Gasteiger partial charge in [0.05, 0.1) is 5.69 Å². The van der Waals surface area contributed by atoms with Crippen molar-refractivity contribution in [2.45, 2.75) is 32.2 Å². The van der Waals surface area contributed by atoms with Crippen LogP contribution in [-0.2, 0) is 4.79 Å². The first-order chi connectivity index (χ1) is 11.6. The monoisotopic (exact) mass is 326 g/mol. The van der Waals surface area contributed by atoms with E-state index in [1.54, 1.807) is 30.3 Å². The second kappa shape index (κ2) is 6.86. The van der Waals surface area contributed by atoms with E-state index < -0.39 is 0 Å². The van der Waals surface area contributed by atoms with Crippen molar-refractivity contribution in [3.8, 4) is 5.69 Å². The fourth-order valence-electron chi connectivity index (χ4n) is 3.16. The number of aryl methyl sites for hydroxylation is 1. The molecule has 1 aromatic heterocycles. The van der Waals surface area contributed by atoms with E-state index in [1.807, 2.05) is 29.8 Å². The molecule has 1 aromatic carbocycles. The third-order valence-corrected chi connectivity index (χ3v) is 4.50. The standard InChI is InChI=1S/C18H22N4O2/c1-13-10-11-20-22(13)15-8-6-14(7-9-15)18(24)21-12-4-3-5-16(21)17(23)19-2/h6-11,16H,3-5,12H2,1-2H3,(H,19,23)/t16-/m1/s1. The topological polar surface area (TPSA) is 67.2 Å². The second-order valence-corrected chi connectivity index (χ2v) is 6.06. The molecule has 0 spiro atoms. The number of nitrogens with zero attached hydrogens (tertiary/aromatic N) is 3. The number of piperidine rings is 1. The quantitative estimate of drug-likeness (QED) is 0.937. The first-order valence-corrected chi connectivity index (χ1v) is 8.25. The van der Waals surface area contributed by atoms with Crippen molar-refractivity contribution in [3.05, 3.63) is 47.8 Å². The third-order valence-electron chi connectivity index (χ3n) is 4.50. The number of benzene rings is 1. The Balaban J connectivity index is 1.81. The molecule has 24 heavy (non-hydrogen) atoms. The number of carbonyl (C=O) groups is 2. The molecule has 126 valence electrons. The Bertz CT molecular complexity index is 736. The molecule has 0 unspecified atom stereocenters. The van der Waals surface area contributed by atoms with Gasteiger partial charge in [0.15, 0.2) is 0 Å². The van der Waals surface area contributed by atoms with Crippen LogP contribution in [0.3, 0.4) is 0 Å². The number of aromatic nitrogens is 2. The van der Waals surface area contributed by atoms with Gasteiger partial charge in [-0.2, -0.15) is 5.10 Å². The predicted molar refractivity (Wildman–Crippen MR) is 91.0 cm³/mol. The summed E-state index contributed by atoms with van der Waals surface area (Å²) in [5.74, 6) is -0.182. The number of amides is 2. The SMILES string of the molecule is CNC(=O)[C@H]1CCCCN1C(=O)c1ccc(-n2nccc2C)cc1. The fourth-order valence-corrected chi connectivity index (χ4v) is 3.16. The maximum atomic E-state index is 12.8. The lowest BCUT2D eigenvalue weighted by Crippen LogP contribution is -2.51. The van der Waals surface area contributed by atoms with Gasteiger partial charge in [-0.1, -0.05) is 0 Å². The van der Waals surface area contributed by atoms with Gasteiger partial charge in [-0.25, -0.2) is 4.68 Å². The second-order valence-electron chi connectivity index (χ2n) is 6.06. The first kappa shape index (κ1) is 16.2. The van der Waals surface area contributed by atoms with E-state index in [-0.39, 0.29) is 17.9 Å². The molecule has 1 saturated heterocycles. The van der Waals surface area contributed by atoms with Crippen LogP contribution < -0.4 is 5.32 Å². The molecule has 2 heterocycles. The van der Waals surface area contributed by atoms with Crippen molar-refractivity contribution in [2.24, 2.45) is 0 Å².